The summed E-state index contributed by atoms with van der Waals surface area (Å²) in [4.78, 5) is 10.6. The van der Waals surface area contributed by atoms with Crippen molar-refractivity contribution in [2.45, 2.75) is 65.3 Å². The minimum Gasteiger partial charge on any atom is -0.355 e. The first-order valence-corrected chi connectivity index (χ1v) is 6.64. The van der Waals surface area contributed by atoms with Crippen molar-refractivity contribution < 1.29 is 4.79 Å². The second-order valence-corrected chi connectivity index (χ2v) is 4.54. The van der Waals surface area contributed by atoms with E-state index in [4.69, 9.17) is 0 Å². The van der Waals surface area contributed by atoms with E-state index in [1.807, 2.05) is 0 Å². The normalized spacial score (nSPS) is 12.4. The van der Waals surface area contributed by atoms with Crippen LogP contribution in [0.4, 0.5) is 0 Å². The Hall–Kier alpha value is -0.570. The van der Waals surface area contributed by atoms with Crippen molar-refractivity contribution in [1.29, 1.82) is 0 Å². The lowest BCUT2D eigenvalue weighted by Crippen LogP contribution is -2.34. The summed E-state index contributed by atoms with van der Waals surface area (Å²) >= 11 is 0. The minimum absolute atomic E-state index is 0.0500. The Morgan fingerprint density at radius 2 is 1.81 bits per heavy atom. The van der Waals surface area contributed by atoms with Crippen LogP contribution in [0.15, 0.2) is 0 Å². The molecule has 0 bridgehead atoms. The van der Waals surface area contributed by atoms with Crippen LogP contribution in [-0.2, 0) is 4.79 Å². The Bertz CT molecular complexity index is 171. The highest BCUT2D eigenvalue weighted by molar-refractivity contribution is 5.72. The van der Waals surface area contributed by atoms with Crippen LogP contribution in [-0.4, -0.2) is 25.0 Å². The first-order valence-electron chi connectivity index (χ1n) is 6.64. The molecular weight excluding hydrogens is 200 g/mol. The Balaban J connectivity index is 3.18. The monoisotopic (exact) mass is 228 g/mol. The molecule has 0 saturated heterocycles. The van der Waals surface area contributed by atoms with Gasteiger partial charge in [-0.15, -0.1) is 0 Å². The molecule has 2 N–H and O–H groups in total. The molecule has 1 unspecified atom stereocenters. The third-order valence-electron chi connectivity index (χ3n) is 2.73. The zero-order valence-corrected chi connectivity index (χ0v) is 11.1. The van der Waals surface area contributed by atoms with E-state index in [2.05, 4.69) is 24.5 Å². The van der Waals surface area contributed by atoms with Gasteiger partial charge in [-0.05, 0) is 13.3 Å². The smallest absolute Gasteiger partial charge is 0.216 e. The molecule has 0 aliphatic heterocycles. The second-order valence-electron chi connectivity index (χ2n) is 4.54. The highest BCUT2D eigenvalue weighted by atomic mass is 16.1. The van der Waals surface area contributed by atoms with Gasteiger partial charge < -0.3 is 10.6 Å². The highest BCUT2D eigenvalue weighted by Gasteiger charge is 2.00. The molecule has 16 heavy (non-hydrogen) atoms. The molecule has 3 nitrogen and oxygen atoms in total. The Morgan fingerprint density at radius 1 is 1.12 bits per heavy atom. The predicted molar refractivity (Wildman–Crippen MR) is 69.5 cm³/mol. The average Bonchev–Trinajstić information content (AvgIpc) is 2.24. The van der Waals surface area contributed by atoms with E-state index < -0.39 is 0 Å². The van der Waals surface area contributed by atoms with Crippen molar-refractivity contribution in [2.75, 3.05) is 13.1 Å². The lowest BCUT2D eigenvalue weighted by Gasteiger charge is -2.13. The Labute approximate surface area is 100 Å². The maximum atomic E-state index is 10.6. The molecule has 0 radical (unpaired) electrons. The Kier molecular flexibility index (Phi) is 10.5. The van der Waals surface area contributed by atoms with Crippen LogP contribution in [0, 0.1) is 0 Å². The lowest BCUT2D eigenvalue weighted by molar-refractivity contribution is -0.118. The number of nitrogens with one attached hydrogen (secondary N) is 2. The summed E-state index contributed by atoms with van der Waals surface area (Å²) in [7, 11) is 0. The fourth-order valence-corrected chi connectivity index (χ4v) is 1.71. The number of rotatable bonds is 10. The van der Waals surface area contributed by atoms with Crippen molar-refractivity contribution in [3.63, 3.8) is 0 Å². The maximum Gasteiger partial charge on any atom is 0.216 e. The van der Waals surface area contributed by atoms with Crippen molar-refractivity contribution >= 4 is 5.91 Å². The van der Waals surface area contributed by atoms with Crippen LogP contribution in [0.25, 0.3) is 0 Å². The summed E-state index contributed by atoms with van der Waals surface area (Å²) in [6, 6.07) is 0.565. The van der Waals surface area contributed by atoms with Gasteiger partial charge in [-0.2, -0.15) is 0 Å². The molecule has 96 valence electrons. The molecule has 0 heterocycles. The molecule has 3 heteroatoms. The van der Waals surface area contributed by atoms with Gasteiger partial charge in [0.05, 0.1) is 0 Å². The van der Waals surface area contributed by atoms with E-state index in [1.54, 1.807) is 6.92 Å². The topological polar surface area (TPSA) is 41.1 Å². The Morgan fingerprint density at radius 3 is 2.44 bits per heavy atom. The van der Waals surface area contributed by atoms with Gasteiger partial charge >= 0.3 is 0 Å². The van der Waals surface area contributed by atoms with Gasteiger partial charge in [0, 0.05) is 26.1 Å². The van der Waals surface area contributed by atoms with Crippen LogP contribution in [0.5, 0.6) is 0 Å². The van der Waals surface area contributed by atoms with Gasteiger partial charge in [-0.25, -0.2) is 0 Å². The van der Waals surface area contributed by atoms with Crippen LogP contribution in [0.3, 0.4) is 0 Å². The van der Waals surface area contributed by atoms with Gasteiger partial charge in [-0.3, -0.25) is 4.79 Å². The summed E-state index contributed by atoms with van der Waals surface area (Å²) in [5.74, 6) is 0.0500. The SMILES string of the molecule is CCCCCCCC(C)NCCNC(C)=O. The van der Waals surface area contributed by atoms with Gasteiger partial charge in [-0.1, -0.05) is 39.0 Å². The summed E-state index contributed by atoms with van der Waals surface area (Å²) in [5.41, 5.74) is 0. The van der Waals surface area contributed by atoms with E-state index in [0.717, 1.165) is 13.1 Å². The number of hydrogen-bond donors (Lipinski definition) is 2. The minimum atomic E-state index is 0.0500. The number of unbranched alkanes of at least 4 members (excludes halogenated alkanes) is 4. The zero-order chi connectivity index (χ0) is 12.2. The van der Waals surface area contributed by atoms with E-state index in [9.17, 15) is 4.79 Å². The summed E-state index contributed by atoms with van der Waals surface area (Å²) in [6.07, 6.45) is 7.95. The second kappa shape index (κ2) is 10.9. The van der Waals surface area contributed by atoms with Gasteiger partial charge in [0.15, 0.2) is 0 Å². The quantitative estimate of drug-likeness (QED) is 0.564. The summed E-state index contributed by atoms with van der Waals surface area (Å²) < 4.78 is 0. The molecular formula is C13H28N2O. The van der Waals surface area contributed by atoms with Crippen LogP contribution in [0.2, 0.25) is 0 Å². The van der Waals surface area contributed by atoms with E-state index in [1.165, 1.54) is 38.5 Å². The van der Waals surface area contributed by atoms with E-state index >= 15 is 0 Å². The van der Waals surface area contributed by atoms with Gasteiger partial charge in [0.2, 0.25) is 5.91 Å². The first kappa shape index (κ1) is 15.4. The van der Waals surface area contributed by atoms with Gasteiger partial charge in [0.25, 0.3) is 0 Å². The number of carbonyl (C=O) groups is 1. The largest absolute Gasteiger partial charge is 0.355 e. The first-order chi connectivity index (χ1) is 7.66. The van der Waals surface area contributed by atoms with E-state index in [-0.39, 0.29) is 5.91 Å². The fourth-order valence-electron chi connectivity index (χ4n) is 1.71. The predicted octanol–water partition coefficient (Wildman–Crippen LogP) is 2.46. The van der Waals surface area contributed by atoms with Crippen LogP contribution in [0.1, 0.15) is 59.3 Å². The fraction of sp³-hybridized carbons (Fsp3) is 0.923. The molecule has 0 rings (SSSR count). The van der Waals surface area contributed by atoms with Gasteiger partial charge in [0.1, 0.15) is 0 Å². The summed E-state index contributed by atoms with van der Waals surface area (Å²) in [6.45, 7) is 7.61. The third kappa shape index (κ3) is 11.5. The number of hydrogen-bond acceptors (Lipinski definition) is 2. The number of carbonyl (C=O) groups excluding carboxylic acids is 1. The lowest BCUT2D eigenvalue weighted by atomic mass is 10.1. The molecule has 0 aromatic heterocycles. The van der Waals surface area contributed by atoms with Crippen molar-refractivity contribution in [2.24, 2.45) is 0 Å². The number of amides is 1. The zero-order valence-electron chi connectivity index (χ0n) is 11.1. The molecule has 0 saturated carbocycles. The third-order valence-corrected chi connectivity index (χ3v) is 2.73. The molecule has 0 aromatic carbocycles. The van der Waals surface area contributed by atoms with E-state index in [0.29, 0.717) is 6.04 Å². The van der Waals surface area contributed by atoms with Crippen molar-refractivity contribution in [3.8, 4) is 0 Å². The molecule has 1 atom stereocenters. The van der Waals surface area contributed by atoms with Crippen LogP contribution >= 0.6 is 0 Å². The highest BCUT2D eigenvalue weighted by Crippen LogP contribution is 2.06. The average molecular weight is 228 g/mol. The summed E-state index contributed by atoms with van der Waals surface area (Å²) in [5, 5.41) is 6.20. The molecule has 0 aliphatic carbocycles. The van der Waals surface area contributed by atoms with Crippen molar-refractivity contribution in [1.82, 2.24) is 10.6 Å². The standard InChI is InChI=1S/C13H28N2O/c1-4-5-6-7-8-9-12(2)14-10-11-15-13(3)16/h12,14H,4-11H2,1-3H3,(H,15,16). The molecule has 0 aromatic rings. The van der Waals surface area contributed by atoms with Crippen molar-refractivity contribution in [3.05, 3.63) is 0 Å². The molecule has 1 amide bonds. The maximum absolute atomic E-state index is 10.6. The molecule has 0 spiro atoms. The van der Waals surface area contributed by atoms with Crippen LogP contribution < -0.4 is 10.6 Å². The molecule has 0 fully saturated rings. The molecule has 0 aliphatic rings.